The van der Waals surface area contributed by atoms with Gasteiger partial charge >= 0.3 is 0 Å². The van der Waals surface area contributed by atoms with E-state index >= 15 is 0 Å². The Morgan fingerprint density at radius 2 is 1.56 bits per heavy atom. The highest BCUT2D eigenvalue weighted by atomic mass is 16.6. The molecule has 0 bridgehead atoms. The van der Waals surface area contributed by atoms with E-state index in [1.807, 2.05) is 60.7 Å². The fraction of sp³-hybridized carbons (Fsp3) is 0.100. The van der Waals surface area contributed by atoms with Crippen molar-refractivity contribution in [2.75, 3.05) is 5.32 Å². The number of hydrogen-bond acceptors (Lipinski definition) is 4. The molecule has 1 heterocycles. The standard InChI is InChI=1S/C20H19N3O2/c24-20(23-25-15-17-10-5-2-6-11-17)18-12-7-13-21-19(18)22-14-16-8-3-1-4-9-16/h1-13H,14-15H2,(H,21,22)(H,23,24). The number of hydroxylamine groups is 1. The van der Waals surface area contributed by atoms with Crippen molar-refractivity contribution in [3.63, 3.8) is 0 Å². The molecule has 1 amide bonds. The molecule has 0 aliphatic carbocycles. The summed E-state index contributed by atoms with van der Waals surface area (Å²) in [5.41, 5.74) is 5.00. The van der Waals surface area contributed by atoms with Crippen molar-refractivity contribution in [1.82, 2.24) is 10.5 Å². The molecule has 126 valence electrons. The molecule has 0 unspecified atom stereocenters. The molecule has 0 aliphatic rings. The van der Waals surface area contributed by atoms with Gasteiger partial charge in [-0.1, -0.05) is 60.7 Å². The van der Waals surface area contributed by atoms with Crippen molar-refractivity contribution in [3.8, 4) is 0 Å². The summed E-state index contributed by atoms with van der Waals surface area (Å²) < 4.78 is 0. The van der Waals surface area contributed by atoms with Crippen LogP contribution < -0.4 is 10.8 Å². The highest BCUT2D eigenvalue weighted by Gasteiger charge is 2.12. The van der Waals surface area contributed by atoms with E-state index in [0.29, 0.717) is 24.5 Å². The van der Waals surface area contributed by atoms with Gasteiger partial charge in [-0.25, -0.2) is 10.5 Å². The van der Waals surface area contributed by atoms with Gasteiger partial charge in [-0.15, -0.1) is 0 Å². The quantitative estimate of drug-likeness (QED) is 0.649. The maximum Gasteiger partial charge on any atom is 0.278 e. The Kier molecular flexibility index (Phi) is 5.74. The molecule has 0 atom stereocenters. The number of aromatic nitrogens is 1. The van der Waals surface area contributed by atoms with Crippen LogP contribution in [-0.4, -0.2) is 10.9 Å². The average molecular weight is 333 g/mol. The van der Waals surface area contributed by atoms with Gasteiger partial charge in [-0.3, -0.25) is 9.63 Å². The topological polar surface area (TPSA) is 63.2 Å². The summed E-state index contributed by atoms with van der Waals surface area (Å²) in [6.07, 6.45) is 1.65. The number of carbonyl (C=O) groups excluding carboxylic acids is 1. The second kappa shape index (κ2) is 8.61. The van der Waals surface area contributed by atoms with Crippen molar-refractivity contribution in [2.24, 2.45) is 0 Å². The monoisotopic (exact) mass is 333 g/mol. The van der Waals surface area contributed by atoms with Crippen LogP contribution >= 0.6 is 0 Å². The van der Waals surface area contributed by atoms with Crippen LogP contribution in [0, 0.1) is 0 Å². The van der Waals surface area contributed by atoms with E-state index in [4.69, 9.17) is 4.84 Å². The lowest BCUT2D eigenvalue weighted by Gasteiger charge is -2.11. The molecule has 0 radical (unpaired) electrons. The summed E-state index contributed by atoms with van der Waals surface area (Å²) in [7, 11) is 0. The molecule has 3 aromatic rings. The van der Waals surface area contributed by atoms with Crippen LogP contribution in [0.15, 0.2) is 79.0 Å². The van der Waals surface area contributed by atoms with E-state index in [1.54, 1.807) is 18.3 Å². The zero-order valence-electron chi connectivity index (χ0n) is 13.7. The molecule has 5 heteroatoms. The van der Waals surface area contributed by atoms with Gasteiger partial charge in [0.25, 0.3) is 5.91 Å². The van der Waals surface area contributed by atoms with Crippen LogP contribution in [0.5, 0.6) is 0 Å². The van der Waals surface area contributed by atoms with Crippen LogP contribution in [0.25, 0.3) is 0 Å². The largest absolute Gasteiger partial charge is 0.365 e. The maximum absolute atomic E-state index is 12.4. The molecule has 0 aliphatic heterocycles. The van der Waals surface area contributed by atoms with Crippen LogP contribution in [0.2, 0.25) is 0 Å². The van der Waals surface area contributed by atoms with Crippen molar-refractivity contribution in [2.45, 2.75) is 13.2 Å². The molecule has 1 aromatic heterocycles. The molecule has 0 spiro atoms. The fourth-order valence-corrected chi connectivity index (χ4v) is 2.33. The van der Waals surface area contributed by atoms with Crippen molar-refractivity contribution in [3.05, 3.63) is 95.7 Å². The molecule has 2 aromatic carbocycles. The number of hydrogen-bond donors (Lipinski definition) is 2. The van der Waals surface area contributed by atoms with Gasteiger partial charge < -0.3 is 5.32 Å². The molecule has 0 saturated carbocycles. The Hall–Kier alpha value is -3.18. The van der Waals surface area contributed by atoms with E-state index in [0.717, 1.165) is 11.1 Å². The summed E-state index contributed by atoms with van der Waals surface area (Å²) in [6, 6.07) is 23.0. The third-order valence-corrected chi connectivity index (χ3v) is 3.60. The summed E-state index contributed by atoms with van der Waals surface area (Å²) in [4.78, 5) is 21.9. The predicted octanol–water partition coefficient (Wildman–Crippen LogP) is 3.56. The van der Waals surface area contributed by atoms with E-state index in [-0.39, 0.29) is 5.91 Å². The minimum Gasteiger partial charge on any atom is -0.365 e. The molecule has 3 rings (SSSR count). The molecular formula is C20H19N3O2. The normalized spacial score (nSPS) is 10.2. The number of nitrogens with one attached hydrogen (secondary N) is 2. The first-order valence-electron chi connectivity index (χ1n) is 8.02. The highest BCUT2D eigenvalue weighted by Crippen LogP contribution is 2.13. The summed E-state index contributed by atoms with van der Waals surface area (Å²) in [6.45, 7) is 0.891. The molecule has 0 saturated heterocycles. The SMILES string of the molecule is O=C(NOCc1ccccc1)c1cccnc1NCc1ccccc1. The molecule has 5 nitrogen and oxygen atoms in total. The predicted molar refractivity (Wildman–Crippen MR) is 96.7 cm³/mol. The van der Waals surface area contributed by atoms with Crippen molar-refractivity contribution >= 4 is 11.7 Å². The third-order valence-electron chi connectivity index (χ3n) is 3.60. The number of anilines is 1. The van der Waals surface area contributed by atoms with Gasteiger partial charge in [0, 0.05) is 12.7 Å². The Labute approximate surface area is 146 Å². The van der Waals surface area contributed by atoms with E-state index in [9.17, 15) is 4.79 Å². The third kappa shape index (κ3) is 4.89. The first-order valence-corrected chi connectivity index (χ1v) is 8.02. The lowest BCUT2D eigenvalue weighted by Crippen LogP contribution is -2.25. The number of carbonyl (C=O) groups is 1. The zero-order chi connectivity index (χ0) is 17.3. The highest BCUT2D eigenvalue weighted by molar-refractivity contribution is 5.98. The van der Waals surface area contributed by atoms with E-state index < -0.39 is 0 Å². The molecule has 25 heavy (non-hydrogen) atoms. The maximum atomic E-state index is 12.4. The second-order valence-corrected chi connectivity index (χ2v) is 5.44. The van der Waals surface area contributed by atoms with Gasteiger partial charge in [0.05, 0.1) is 12.2 Å². The summed E-state index contributed by atoms with van der Waals surface area (Å²) in [5.74, 6) is 0.187. The minimum atomic E-state index is -0.334. The van der Waals surface area contributed by atoms with Crippen LogP contribution in [0.4, 0.5) is 5.82 Å². The smallest absolute Gasteiger partial charge is 0.278 e. The lowest BCUT2D eigenvalue weighted by atomic mass is 10.2. The minimum absolute atomic E-state index is 0.305. The van der Waals surface area contributed by atoms with Crippen molar-refractivity contribution in [1.29, 1.82) is 0 Å². The molecular weight excluding hydrogens is 314 g/mol. The number of pyridine rings is 1. The molecule has 0 fully saturated rings. The fourth-order valence-electron chi connectivity index (χ4n) is 2.33. The van der Waals surface area contributed by atoms with Gasteiger partial charge in [-0.2, -0.15) is 0 Å². The van der Waals surface area contributed by atoms with E-state index in [2.05, 4.69) is 15.8 Å². The van der Waals surface area contributed by atoms with E-state index in [1.165, 1.54) is 0 Å². The Bertz CT molecular complexity index is 807. The second-order valence-electron chi connectivity index (χ2n) is 5.44. The summed E-state index contributed by atoms with van der Waals surface area (Å²) >= 11 is 0. The van der Waals surface area contributed by atoms with Crippen LogP contribution in [0.1, 0.15) is 21.5 Å². The van der Waals surface area contributed by atoms with Gasteiger partial charge in [-0.05, 0) is 23.3 Å². The lowest BCUT2D eigenvalue weighted by molar-refractivity contribution is 0.0234. The van der Waals surface area contributed by atoms with Crippen molar-refractivity contribution < 1.29 is 9.63 Å². The Morgan fingerprint density at radius 3 is 2.28 bits per heavy atom. The first kappa shape index (κ1) is 16.7. The van der Waals surface area contributed by atoms with Gasteiger partial charge in [0.2, 0.25) is 0 Å². The number of rotatable bonds is 7. The van der Waals surface area contributed by atoms with Gasteiger partial charge in [0.15, 0.2) is 0 Å². The summed E-state index contributed by atoms with van der Waals surface area (Å²) in [5, 5.41) is 3.19. The Morgan fingerprint density at radius 1 is 0.880 bits per heavy atom. The number of benzene rings is 2. The zero-order valence-corrected chi connectivity index (χ0v) is 13.7. The van der Waals surface area contributed by atoms with Crippen LogP contribution in [0.3, 0.4) is 0 Å². The molecule has 2 N–H and O–H groups in total. The van der Waals surface area contributed by atoms with Gasteiger partial charge in [0.1, 0.15) is 5.82 Å². The first-order chi connectivity index (χ1) is 12.3. The average Bonchev–Trinajstić information content (AvgIpc) is 2.68. The number of nitrogens with zero attached hydrogens (tertiary/aromatic N) is 1. The Balaban J connectivity index is 1.58. The number of amides is 1. The van der Waals surface area contributed by atoms with Crippen LogP contribution in [-0.2, 0) is 18.0 Å².